The maximum absolute atomic E-state index is 11.8. The molecule has 0 fully saturated rings. The first-order valence-electron chi connectivity index (χ1n) is 8.89. The monoisotopic (exact) mass is 366 g/mol. The fourth-order valence-electron chi connectivity index (χ4n) is 3.34. The lowest BCUT2D eigenvalue weighted by atomic mass is 10.0. The highest BCUT2D eigenvalue weighted by Gasteiger charge is 2.25. The average Bonchev–Trinajstić information content (AvgIpc) is 3.16. The van der Waals surface area contributed by atoms with Gasteiger partial charge in [0, 0.05) is 62.7 Å². The quantitative estimate of drug-likeness (QED) is 0.826. The van der Waals surface area contributed by atoms with E-state index in [-0.39, 0.29) is 5.91 Å². The third-order valence-corrected chi connectivity index (χ3v) is 4.76. The molecule has 3 rings (SSSR count). The number of hydrogen-bond acceptors (Lipinski definition) is 4. The molecule has 1 amide bonds. The molecule has 0 atom stereocenters. The van der Waals surface area contributed by atoms with Gasteiger partial charge in [0.15, 0.2) is 5.82 Å². The van der Waals surface area contributed by atoms with Crippen molar-refractivity contribution >= 4 is 17.3 Å². The van der Waals surface area contributed by atoms with E-state index in [1.807, 2.05) is 42.9 Å². The first kappa shape index (κ1) is 18.7. The lowest BCUT2D eigenvalue weighted by Gasteiger charge is -2.26. The number of amides is 1. The molecule has 3 heterocycles. The minimum atomic E-state index is 0.0790. The zero-order valence-electron chi connectivity index (χ0n) is 16.4. The van der Waals surface area contributed by atoms with Gasteiger partial charge in [0.05, 0.1) is 12.7 Å². The van der Waals surface area contributed by atoms with Crippen molar-refractivity contribution in [3.8, 4) is 0 Å². The van der Waals surface area contributed by atoms with Crippen molar-refractivity contribution in [2.24, 2.45) is 14.1 Å². The van der Waals surface area contributed by atoms with Gasteiger partial charge in [0.2, 0.25) is 5.91 Å². The van der Waals surface area contributed by atoms with Crippen molar-refractivity contribution < 1.29 is 4.79 Å². The minimum Gasteiger partial charge on any atom is -0.339 e. The van der Waals surface area contributed by atoms with Crippen LogP contribution in [0.2, 0.25) is 0 Å². The molecule has 27 heavy (non-hydrogen) atoms. The number of aryl methyl sites for hydroxylation is 2. The first-order chi connectivity index (χ1) is 12.8. The Hall–Kier alpha value is -3.09. The molecular formula is C20H26N6O. The first-order valence-corrected chi connectivity index (χ1v) is 8.89. The summed E-state index contributed by atoms with van der Waals surface area (Å²) in [7, 11) is 3.81. The second kappa shape index (κ2) is 7.26. The summed E-state index contributed by atoms with van der Waals surface area (Å²) in [6, 6.07) is 0. The summed E-state index contributed by atoms with van der Waals surface area (Å²) in [5.74, 6) is 0.822. The molecular weight excluding hydrogens is 340 g/mol. The number of allylic oxidation sites excluding steroid dienone is 3. The Morgan fingerprint density at radius 2 is 2.04 bits per heavy atom. The van der Waals surface area contributed by atoms with Gasteiger partial charge in [-0.3, -0.25) is 14.2 Å². The molecule has 0 radical (unpaired) electrons. The van der Waals surface area contributed by atoms with Gasteiger partial charge in [0.1, 0.15) is 0 Å². The molecule has 0 saturated carbocycles. The van der Waals surface area contributed by atoms with E-state index in [0.717, 1.165) is 46.8 Å². The molecule has 0 unspecified atom stereocenters. The van der Waals surface area contributed by atoms with Gasteiger partial charge < -0.3 is 10.2 Å². The molecule has 0 bridgehead atoms. The normalized spacial score (nSPS) is 14.1. The molecule has 142 valence electrons. The minimum absolute atomic E-state index is 0.0790. The van der Waals surface area contributed by atoms with E-state index >= 15 is 0 Å². The van der Waals surface area contributed by atoms with Crippen LogP contribution < -0.4 is 5.32 Å². The van der Waals surface area contributed by atoms with Crippen LogP contribution in [-0.2, 0) is 31.9 Å². The van der Waals surface area contributed by atoms with E-state index in [1.165, 1.54) is 0 Å². The topological polar surface area (TPSA) is 68.0 Å². The fourth-order valence-corrected chi connectivity index (χ4v) is 3.34. The largest absolute Gasteiger partial charge is 0.339 e. The van der Waals surface area contributed by atoms with Crippen molar-refractivity contribution in [1.82, 2.24) is 24.5 Å². The molecule has 0 aromatic carbocycles. The standard InChI is InChI=1S/C20H26N6O/c1-13(2)17(16-10-21-24(5)11-16)9-14(3)22-20-18-12-26(15(4)27)8-7-19(18)25(6)23-20/h9-11H,1,3,7-8,12H2,2,4-6H3,(H,22,23)/b17-9+. The summed E-state index contributed by atoms with van der Waals surface area (Å²) in [5, 5.41) is 12.1. The van der Waals surface area contributed by atoms with Gasteiger partial charge in [-0.25, -0.2) is 0 Å². The summed E-state index contributed by atoms with van der Waals surface area (Å²) in [4.78, 5) is 13.6. The van der Waals surface area contributed by atoms with Gasteiger partial charge in [-0.1, -0.05) is 18.7 Å². The molecule has 1 aliphatic rings. The van der Waals surface area contributed by atoms with E-state index in [0.29, 0.717) is 12.2 Å². The van der Waals surface area contributed by atoms with Crippen LogP contribution in [0.15, 0.2) is 42.9 Å². The predicted octanol–water partition coefficient (Wildman–Crippen LogP) is 2.64. The van der Waals surface area contributed by atoms with E-state index in [9.17, 15) is 4.79 Å². The van der Waals surface area contributed by atoms with Crippen LogP contribution in [0.3, 0.4) is 0 Å². The van der Waals surface area contributed by atoms with Gasteiger partial charge in [0.25, 0.3) is 0 Å². The zero-order valence-corrected chi connectivity index (χ0v) is 16.4. The number of nitrogens with zero attached hydrogens (tertiary/aromatic N) is 5. The maximum atomic E-state index is 11.8. The SMILES string of the molecule is C=C(/C=C(\C(=C)C)c1cnn(C)c1)Nc1nn(C)c2c1CN(C(C)=O)CC2. The lowest BCUT2D eigenvalue weighted by molar-refractivity contribution is -0.129. The van der Waals surface area contributed by atoms with E-state index in [2.05, 4.69) is 28.7 Å². The Labute approximate surface area is 159 Å². The van der Waals surface area contributed by atoms with Crippen molar-refractivity contribution in [2.75, 3.05) is 11.9 Å². The highest BCUT2D eigenvalue weighted by Crippen LogP contribution is 2.28. The Kier molecular flexibility index (Phi) is 5.03. The molecule has 7 nitrogen and oxygen atoms in total. The summed E-state index contributed by atoms with van der Waals surface area (Å²) in [6.07, 6.45) is 6.50. The number of carbonyl (C=O) groups excluding carboxylic acids is 1. The van der Waals surface area contributed by atoms with Gasteiger partial charge in [-0.15, -0.1) is 0 Å². The van der Waals surface area contributed by atoms with Crippen molar-refractivity contribution in [1.29, 1.82) is 0 Å². The Bertz CT molecular complexity index is 946. The highest BCUT2D eigenvalue weighted by molar-refractivity contribution is 5.80. The Morgan fingerprint density at radius 3 is 2.63 bits per heavy atom. The van der Waals surface area contributed by atoms with Gasteiger partial charge in [-0.05, 0) is 18.6 Å². The van der Waals surface area contributed by atoms with E-state index in [4.69, 9.17) is 0 Å². The van der Waals surface area contributed by atoms with Crippen molar-refractivity contribution in [2.45, 2.75) is 26.8 Å². The highest BCUT2D eigenvalue weighted by atomic mass is 16.2. The van der Waals surface area contributed by atoms with E-state index in [1.54, 1.807) is 17.8 Å². The summed E-state index contributed by atoms with van der Waals surface area (Å²) < 4.78 is 3.64. The van der Waals surface area contributed by atoms with E-state index < -0.39 is 0 Å². The molecule has 0 saturated heterocycles. The number of rotatable bonds is 5. The Balaban J connectivity index is 1.86. The third-order valence-electron chi connectivity index (χ3n) is 4.76. The molecule has 1 aliphatic heterocycles. The van der Waals surface area contributed by atoms with Gasteiger partial charge in [-0.2, -0.15) is 10.2 Å². The molecule has 0 aliphatic carbocycles. The van der Waals surface area contributed by atoms with Crippen LogP contribution in [0, 0.1) is 0 Å². The number of aromatic nitrogens is 4. The summed E-state index contributed by atoms with van der Waals surface area (Å²) >= 11 is 0. The number of hydrogen-bond donors (Lipinski definition) is 1. The number of nitrogens with one attached hydrogen (secondary N) is 1. The van der Waals surface area contributed by atoms with Crippen LogP contribution in [-0.4, -0.2) is 36.9 Å². The van der Waals surface area contributed by atoms with Crippen LogP contribution >= 0.6 is 0 Å². The van der Waals surface area contributed by atoms with Crippen molar-refractivity contribution in [3.63, 3.8) is 0 Å². The molecule has 0 spiro atoms. The molecule has 2 aromatic rings. The van der Waals surface area contributed by atoms with Crippen LogP contribution in [0.25, 0.3) is 5.57 Å². The molecule has 1 N–H and O–H groups in total. The summed E-state index contributed by atoms with van der Waals surface area (Å²) in [5.41, 5.74) is 5.79. The van der Waals surface area contributed by atoms with Gasteiger partial charge >= 0.3 is 0 Å². The second-order valence-electron chi connectivity index (χ2n) is 6.98. The number of fused-ring (bicyclic) bond motifs is 1. The fraction of sp³-hybridized carbons (Fsp3) is 0.350. The smallest absolute Gasteiger partial charge is 0.219 e. The second-order valence-corrected chi connectivity index (χ2v) is 6.98. The third kappa shape index (κ3) is 3.86. The molecule has 7 heteroatoms. The number of carbonyl (C=O) groups is 1. The van der Waals surface area contributed by atoms with Crippen LogP contribution in [0.5, 0.6) is 0 Å². The average molecular weight is 366 g/mol. The van der Waals surface area contributed by atoms with Crippen molar-refractivity contribution in [3.05, 3.63) is 59.7 Å². The Morgan fingerprint density at radius 1 is 1.30 bits per heavy atom. The lowest BCUT2D eigenvalue weighted by Crippen LogP contribution is -2.34. The molecule has 2 aromatic heterocycles. The maximum Gasteiger partial charge on any atom is 0.219 e. The van der Waals surface area contributed by atoms with Crippen LogP contribution in [0.4, 0.5) is 5.82 Å². The van der Waals surface area contributed by atoms with Crippen LogP contribution in [0.1, 0.15) is 30.7 Å². The zero-order chi connectivity index (χ0) is 19.7. The number of anilines is 1. The summed E-state index contributed by atoms with van der Waals surface area (Å²) in [6.45, 7) is 13.0. The predicted molar refractivity (Wildman–Crippen MR) is 107 cm³/mol.